The molecule has 0 aliphatic carbocycles. The number of hydrogen-bond donors (Lipinski definition) is 1. The van der Waals surface area contributed by atoms with E-state index in [1.54, 1.807) is 23.7 Å². The smallest absolute Gasteiger partial charge is 0.234 e. The van der Waals surface area contributed by atoms with E-state index >= 15 is 0 Å². The molecule has 0 atom stereocenters. The molecule has 0 bridgehead atoms. The van der Waals surface area contributed by atoms with Crippen LogP contribution < -0.4 is 5.32 Å². The van der Waals surface area contributed by atoms with E-state index < -0.39 is 0 Å². The Kier molecular flexibility index (Phi) is 7.80. The maximum Gasteiger partial charge on any atom is 0.234 e. The van der Waals surface area contributed by atoms with E-state index in [-0.39, 0.29) is 11.7 Å². The van der Waals surface area contributed by atoms with Gasteiger partial charge in [-0.05, 0) is 61.7 Å². The number of anilines is 1. The summed E-state index contributed by atoms with van der Waals surface area (Å²) in [5, 5.41) is 13.2. The first-order valence-electron chi connectivity index (χ1n) is 10.9. The molecular formula is C25H25N5OS2. The van der Waals surface area contributed by atoms with Crippen molar-refractivity contribution in [2.75, 3.05) is 11.1 Å². The van der Waals surface area contributed by atoms with Gasteiger partial charge >= 0.3 is 0 Å². The van der Waals surface area contributed by atoms with Crippen LogP contribution in [0.15, 0.2) is 66.0 Å². The van der Waals surface area contributed by atoms with Crippen LogP contribution >= 0.6 is 23.1 Å². The van der Waals surface area contributed by atoms with Gasteiger partial charge in [0.25, 0.3) is 0 Å². The quantitative estimate of drug-likeness (QED) is 0.297. The lowest BCUT2D eigenvalue weighted by molar-refractivity contribution is -0.113. The number of carbonyl (C=O) groups is 1. The Balaban J connectivity index is 1.33. The van der Waals surface area contributed by atoms with E-state index in [1.807, 2.05) is 43.3 Å². The Labute approximate surface area is 201 Å². The van der Waals surface area contributed by atoms with Crippen LogP contribution in [0.1, 0.15) is 31.0 Å². The molecule has 3 heterocycles. The predicted octanol–water partition coefficient (Wildman–Crippen LogP) is 6.04. The summed E-state index contributed by atoms with van der Waals surface area (Å²) < 4.78 is 0. The predicted molar refractivity (Wildman–Crippen MR) is 136 cm³/mol. The molecular weight excluding hydrogens is 450 g/mol. The largest absolute Gasteiger partial charge is 0.325 e. The zero-order valence-electron chi connectivity index (χ0n) is 18.6. The highest BCUT2D eigenvalue weighted by Gasteiger charge is 2.13. The van der Waals surface area contributed by atoms with Crippen LogP contribution in [0.3, 0.4) is 0 Å². The zero-order valence-corrected chi connectivity index (χ0v) is 20.2. The average Bonchev–Trinajstić information content (AvgIpc) is 3.25. The summed E-state index contributed by atoms with van der Waals surface area (Å²) in [6.07, 6.45) is 6.98. The summed E-state index contributed by atoms with van der Waals surface area (Å²) in [5.74, 6) is 0.211. The minimum Gasteiger partial charge on any atom is -0.325 e. The fourth-order valence-electron chi connectivity index (χ4n) is 3.24. The number of unbranched alkanes of at least 4 members (excludes halogenated alkanes) is 1. The minimum absolute atomic E-state index is 0.0633. The van der Waals surface area contributed by atoms with Crippen LogP contribution in [0.2, 0.25) is 0 Å². The highest BCUT2D eigenvalue weighted by molar-refractivity contribution is 7.99. The fourth-order valence-corrected chi connectivity index (χ4v) is 4.87. The van der Waals surface area contributed by atoms with E-state index in [9.17, 15) is 4.79 Å². The standard InChI is InChI=1S/C25H25N5OS2/c1-3-4-6-18-8-10-20(11-9-18)28-22(31)16-32-23-13-12-21(29-30-23)24-17(2)27-25(33-24)19-7-5-14-26-15-19/h5,7-15H,3-4,6,16H2,1-2H3,(H,28,31). The molecule has 1 amide bonds. The van der Waals surface area contributed by atoms with Gasteiger partial charge in [-0.1, -0.05) is 37.2 Å². The number of thioether (sulfide) groups is 1. The van der Waals surface area contributed by atoms with Gasteiger partial charge in [-0.2, -0.15) is 0 Å². The maximum absolute atomic E-state index is 12.3. The lowest BCUT2D eigenvalue weighted by Crippen LogP contribution is -2.14. The summed E-state index contributed by atoms with van der Waals surface area (Å²) in [6.45, 7) is 4.15. The fraction of sp³-hybridized carbons (Fsp3) is 0.240. The highest BCUT2D eigenvalue weighted by Crippen LogP contribution is 2.34. The molecule has 8 heteroatoms. The van der Waals surface area contributed by atoms with Gasteiger partial charge in [0.1, 0.15) is 15.7 Å². The second-order valence-corrected chi connectivity index (χ2v) is 9.56. The third-order valence-electron chi connectivity index (χ3n) is 4.99. The second-order valence-electron chi connectivity index (χ2n) is 7.57. The van der Waals surface area contributed by atoms with Gasteiger partial charge in [0, 0.05) is 23.6 Å². The Bertz CT molecular complexity index is 1190. The molecule has 168 valence electrons. The third-order valence-corrected chi connectivity index (χ3v) is 7.13. The van der Waals surface area contributed by atoms with Crippen LogP contribution in [-0.2, 0) is 11.2 Å². The van der Waals surface area contributed by atoms with Crippen LogP contribution in [0, 0.1) is 6.92 Å². The minimum atomic E-state index is -0.0633. The van der Waals surface area contributed by atoms with Gasteiger partial charge < -0.3 is 5.32 Å². The molecule has 0 fully saturated rings. The normalized spacial score (nSPS) is 10.8. The number of nitrogens with one attached hydrogen (secondary N) is 1. The number of aromatic nitrogens is 4. The summed E-state index contributed by atoms with van der Waals surface area (Å²) in [4.78, 5) is 22.1. The molecule has 0 saturated carbocycles. The molecule has 1 N–H and O–H groups in total. The van der Waals surface area contributed by atoms with Gasteiger partial charge in [0.15, 0.2) is 0 Å². The molecule has 3 aromatic heterocycles. The van der Waals surface area contributed by atoms with Crippen molar-refractivity contribution in [3.05, 3.63) is 72.2 Å². The molecule has 4 aromatic rings. The van der Waals surface area contributed by atoms with Crippen LogP contribution in [0.5, 0.6) is 0 Å². The average molecular weight is 476 g/mol. The Morgan fingerprint density at radius 3 is 2.64 bits per heavy atom. The van der Waals surface area contributed by atoms with Crippen LogP contribution in [-0.4, -0.2) is 31.8 Å². The van der Waals surface area contributed by atoms with Gasteiger partial charge in [0.2, 0.25) is 5.91 Å². The number of benzene rings is 1. The summed E-state index contributed by atoms with van der Waals surface area (Å²) in [6, 6.07) is 15.8. The van der Waals surface area contributed by atoms with E-state index in [0.717, 1.165) is 38.9 Å². The van der Waals surface area contributed by atoms with Crippen LogP contribution in [0.25, 0.3) is 21.1 Å². The van der Waals surface area contributed by atoms with E-state index in [0.29, 0.717) is 5.03 Å². The molecule has 0 aliphatic heterocycles. The number of aryl methyl sites for hydroxylation is 2. The van der Waals surface area contributed by atoms with Crippen LogP contribution in [0.4, 0.5) is 5.69 Å². The maximum atomic E-state index is 12.3. The van der Waals surface area contributed by atoms with Gasteiger partial charge in [-0.25, -0.2) is 4.98 Å². The molecule has 1 aromatic carbocycles. The lowest BCUT2D eigenvalue weighted by Gasteiger charge is -2.06. The third kappa shape index (κ3) is 6.24. The molecule has 0 aliphatic rings. The lowest BCUT2D eigenvalue weighted by atomic mass is 10.1. The first-order chi connectivity index (χ1) is 16.1. The Morgan fingerprint density at radius 1 is 1.09 bits per heavy atom. The monoisotopic (exact) mass is 475 g/mol. The second kappa shape index (κ2) is 11.2. The molecule has 0 unspecified atom stereocenters. The van der Waals surface area contributed by atoms with Crippen molar-refractivity contribution in [1.29, 1.82) is 0 Å². The van der Waals surface area contributed by atoms with Crippen molar-refractivity contribution in [2.24, 2.45) is 0 Å². The van der Waals surface area contributed by atoms with Gasteiger partial charge in [0.05, 0.1) is 16.3 Å². The Hall–Kier alpha value is -3.10. The number of thiazole rings is 1. The summed E-state index contributed by atoms with van der Waals surface area (Å²) in [5.41, 5.74) is 4.78. The first kappa shape index (κ1) is 23.1. The number of rotatable bonds is 9. The zero-order chi connectivity index (χ0) is 23.0. The summed E-state index contributed by atoms with van der Waals surface area (Å²) in [7, 11) is 0. The molecule has 0 radical (unpaired) electrons. The van der Waals surface area contributed by atoms with Crippen molar-refractivity contribution in [3.8, 4) is 21.1 Å². The van der Waals surface area contributed by atoms with E-state index in [4.69, 9.17) is 0 Å². The summed E-state index contributed by atoms with van der Waals surface area (Å²) >= 11 is 2.94. The van der Waals surface area contributed by atoms with Crippen molar-refractivity contribution in [3.63, 3.8) is 0 Å². The number of nitrogens with zero attached hydrogens (tertiary/aromatic N) is 4. The first-order valence-corrected chi connectivity index (χ1v) is 12.7. The van der Waals surface area contributed by atoms with E-state index in [2.05, 4.69) is 44.5 Å². The molecule has 4 rings (SSSR count). The van der Waals surface area contributed by atoms with E-state index in [1.165, 1.54) is 30.2 Å². The van der Waals surface area contributed by atoms with Gasteiger partial charge in [-0.3, -0.25) is 9.78 Å². The highest BCUT2D eigenvalue weighted by atomic mass is 32.2. The number of hydrogen-bond acceptors (Lipinski definition) is 7. The molecule has 0 saturated heterocycles. The SMILES string of the molecule is CCCCc1ccc(NC(=O)CSc2ccc(-c3sc(-c4cccnc4)nc3C)nn2)cc1. The van der Waals surface area contributed by atoms with Crippen molar-refractivity contribution in [2.45, 2.75) is 38.1 Å². The number of amides is 1. The van der Waals surface area contributed by atoms with Crippen molar-refractivity contribution in [1.82, 2.24) is 20.2 Å². The van der Waals surface area contributed by atoms with Gasteiger partial charge in [-0.15, -0.1) is 21.5 Å². The molecule has 0 spiro atoms. The Morgan fingerprint density at radius 2 is 1.94 bits per heavy atom. The number of pyridine rings is 1. The molecule has 6 nitrogen and oxygen atoms in total. The van der Waals surface area contributed by atoms with Crippen molar-refractivity contribution >= 4 is 34.7 Å². The number of carbonyl (C=O) groups excluding carboxylic acids is 1. The van der Waals surface area contributed by atoms with Crippen molar-refractivity contribution < 1.29 is 4.79 Å². The molecule has 33 heavy (non-hydrogen) atoms. The topological polar surface area (TPSA) is 80.7 Å².